The van der Waals surface area contributed by atoms with Crippen LogP contribution in [0.3, 0.4) is 0 Å². The summed E-state index contributed by atoms with van der Waals surface area (Å²) in [6.45, 7) is 0.327. The summed E-state index contributed by atoms with van der Waals surface area (Å²) >= 11 is 0. The molecule has 0 bridgehead atoms. The van der Waals surface area contributed by atoms with Gasteiger partial charge in [-0.1, -0.05) is 0 Å². The van der Waals surface area contributed by atoms with E-state index in [9.17, 15) is 9.59 Å². The molecule has 2 rings (SSSR count). The summed E-state index contributed by atoms with van der Waals surface area (Å²) in [5, 5.41) is 11.9. The molecule has 0 aliphatic heterocycles. The van der Waals surface area contributed by atoms with Crippen molar-refractivity contribution < 1.29 is 28.4 Å². The first-order chi connectivity index (χ1) is 12.5. The number of carbonyl (C=O) groups excluding carboxylic acids is 2. The lowest BCUT2D eigenvalue weighted by Crippen LogP contribution is -2.35. The molecule has 0 spiro atoms. The number of nitrogens with one attached hydrogen (secondary N) is 2. The number of nitrogen functional groups attached to an aromatic ring is 1. The first-order valence-corrected chi connectivity index (χ1v) is 7.46. The van der Waals surface area contributed by atoms with Crippen molar-refractivity contribution in [2.24, 2.45) is 0 Å². The minimum Gasteiger partial charge on any atom is -0.493 e. The Balaban J connectivity index is 1.93. The molecule has 0 saturated heterocycles. The van der Waals surface area contributed by atoms with Gasteiger partial charge < -0.3 is 30.6 Å². The fraction of sp³-hybridized carbons (Fsp3) is 0.333. The van der Waals surface area contributed by atoms with Crippen molar-refractivity contribution in [3.63, 3.8) is 0 Å². The molecule has 0 saturated carbocycles. The maximum absolute atomic E-state index is 12.3. The summed E-state index contributed by atoms with van der Waals surface area (Å²) in [5.74, 6) is 0.0760. The Bertz CT molecular complexity index is 766. The fourth-order valence-electron chi connectivity index (χ4n) is 2.10. The van der Waals surface area contributed by atoms with Gasteiger partial charge in [0.2, 0.25) is 17.3 Å². The van der Waals surface area contributed by atoms with Crippen molar-refractivity contribution >= 4 is 17.6 Å². The van der Waals surface area contributed by atoms with Gasteiger partial charge in [-0.25, -0.2) is 4.63 Å². The lowest BCUT2D eigenvalue weighted by Gasteiger charge is -2.14. The highest BCUT2D eigenvalue weighted by atomic mass is 16.6. The highest BCUT2D eigenvalue weighted by molar-refractivity contribution is 5.96. The number of hydrogen-bond donors (Lipinski definition) is 3. The maximum atomic E-state index is 12.3. The van der Waals surface area contributed by atoms with Gasteiger partial charge in [-0.15, -0.1) is 0 Å². The van der Waals surface area contributed by atoms with E-state index >= 15 is 0 Å². The third-order valence-electron chi connectivity index (χ3n) is 3.35. The zero-order valence-electron chi connectivity index (χ0n) is 14.5. The number of rotatable bonds is 8. The molecule has 0 unspecified atom stereocenters. The Morgan fingerprint density at radius 1 is 1.00 bits per heavy atom. The summed E-state index contributed by atoms with van der Waals surface area (Å²) in [6.07, 6.45) is 0. The Morgan fingerprint density at radius 2 is 1.58 bits per heavy atom. The number of methoxy groups -OCH3 is 3. The van der Waals surface area contributed by atoms with Gasteiger partial charge in [0.1, 0.15) is 0 Å². The van der Waals surface area contributed by atoms with E-state index in [4.69, 9.17) is 19.9 Å². The Labute approximate surface area is 148 Å². The van der Waals surface area contributed by atoms with Crippen LogP contribution in [0.25, 0.3) is 0 Å². The summed E-state index contributed by atoms with van der Waals surface area (Å²) in [7, 11) is 4.39. The molecule has 0 atom stereocenters. The standard InChI is InChI=1S/C15H19N5O6/c1-23-9-6-8(7-10(24-2)12(9)25-3)14(21)17-4-5-18-15(22)11-13(16)20-26-19-11/h6-7H,4-5H2,1-3H3,(H2,16,20)(H,17,21)(H,18,22). The maximum Gasteiger partial charge on any atom is 0.277 e. The SMILES string of the molecule is COc1cc(C(=O)NCCNC(=O)c2nonc2N)cc(OC)c1OC. The van der Waals surface area contributed by atoms with Gasteiger partial charge in [0.25, 0.3) is 11.8 Å². The predicted molar refractivity (Wildman–Crippen MR) is 89.5 cm³/mol. The van der Waals surface area contributed by atoms with Crippen LogP contribution in [0.5, 0.6) is 17.2 Å². The van der Waals surface area contributed by atoms with Gasteiger partial charge in [0.15, 0.2) is 11.5 Å². The number of nitrogens with zero attached hydrogens (tertiary/aromatic N) is 2. The van der Waals surface area contributed by atoms with Gasteiger partial charge in [-0.05, 0) is 22.4 Å². The summed E-state index contributed by atoms with van der Waals surface area (Å²) < 4.78 is 20.0. The fourth-order valence-corrected chi connectivity index (χ4v) is 2.10. The lowest BCUT2D eigenvalue weighted by molar-refractivity contribution is 0.0922. The Kier molecular flexibility index (Phi) is 6.20. The number of anilines is 1. The number of amides is 2. The normalized spacial score (nSPS) is 10.1. The van der Waals surface area contributed by atoms with Crippen LogP contribution in [-0.2, 0) is 0 Å². The smallest absolute Gasteiger partial charge is 0.277 e. The third kappa shape index (κ3) is 4.12. The number of hydrogen-bond acceptors (Lipinski definition) is 9. The van der Waals surface area contributed by atoms with E-state index in [0.29, 0.717) is 22.8 Å². The van der Waals surface area contributed by atoms with Crippen molar-refractivity contribution in [2.45, 2.75) is 0 Å². The molecule has 1 aromatic carbocycles. The van der Waals surface area contributed by atoms with Crippen LogP contribution >= 0.6 is 0 Å². The first kappa shape index (κ1) is 18.8. The van der Waals surface area contributed by atoms with Crippen LogP contribution in [0.4, 0.5) is 5.82 Å². The molecule has 0 aliphatic carbocycles. The van der Waals surface area contributed by atoms with Crippen LogP contribution in [0.15, 0.2) is 16.8 Å². The molecule has 2 aromatic rings. The molecule has 0 fully saturated rings. The van der Waals surface area contributed by atoms with Crippen LogP contribution in [0, 0.1) is 0 Å². The van der Waals surface area contributed by atoms with E-state index in [1.807, 2.05) is 0 Å². The second-order valence-corrected chi connectivity index (χ2v) is 4.92. The lowest BCUT2D eigenvalue weighted by atomic mass is 10.1. The molecule has 1 heterocycles. The Hall–Kier alpha value is -3.50. The van der Waals surface area contributed by atoms with E-state index in [0.717, 1.165) is 0 Å². The average molecular weight is 365 g/mol. The van der Waals surface area contributed by atoms with E-state index in [2.05, 4.69) is 25.6 Å². The average Bonchev–Trinajstić information content (AvgIpc) is 3.09. The molecule has 26 heavy (non-hydrogen) atoms. The zero-order chi connectivity index (χ0) is 19.1. The summed E-state index contributed by atoms with van der Waals surface area (Å²) in [4.78, 5) is 24.0. The van der Waals surface area contributed by atoms with E-state index < -0.39 is 5.91 Å². The monoisotopic (exact) mass is 365 g/mol. The van der Waals surface area contributed by atoms with Crippen LogP contribution in [0.2, 0.25) is 0 Å². The Morgan fingerprint density at radius 3 is 2.04 bits per heavy atom. The number of benzene rings is 1. The molecule has 1 aromatic heterocycles. The van der Waals surface area contributed by atoms with Crippen molar-refractivity contribution in [1.29, 1.82) is 0 Å². The minimum atomic E-state index is -0.550. The molecular weight excluding hydrogens is 346 g/mol. The number of carbonyl (C=O) groups is 2. The second kappa shape index (κ2) is 8.55. The van der Waals surface area contributed by atoms with Crippen molar-refractivity contribution in [3.8, 4) is 17.2 Å². The molecule has 140 valence electrons. The summed E-state index contributed by atoms with van der Waals surface area (Å²) in [5.41, 5.74) is 5.62. The van der Waals surface area contributed by atoms with Gasteiger partial charge in [-0.2, -0.15) is 0 Å². The van der Waals surface area contributed by atoms with Gasteiger partial charge in [0.05, 0.1) is 21.3 Å². The predicted octanol–water partition coefficient (Wildman–Crippen LogP) is -0.163. The van der Waals surface area contributed by atoms with Crippen molar-refractivity contribution in [2.75, 3.05) is 40.2 Å². The van der Waals surface area contributed by atoms with Crippen LogP contribution in [-0.4, -0.2) is 56.5 Å². The molecule has 11 nitrogen and oxygen atoms in total. The molecule has 4 N–H and O–H groups in total. The zero-order valence-corrected chi connectivity index (χ0v) is 14.5. The van der Waals surface area contributed by atoms with Crippen molar-refractivity contribution in [1.82, 2.24) is 20.9 Å². The van der Waals surface area contributed by atoms with E-state index in [-0.39, 0.29) is 30.5 Å². The molecular formula is C15H19N5O6. The quantitative estimate of drug-likeness (QED) is 0.542. The first-order valence-electron chi connectivity index (χ1n) is 7.46. The highest BCUT2D eigenvalue weighted by Gasteiger charge is 2.17. The number of nitrogens with two attached hydrogens (primary N) is 1. The number of ether oxygens (including phenoxy) is 3. The third-order valence-corrected chi connectivity index (χ3v) is 3.35. The molecule has 0 aliphatic rings. The topological polar surface area (TPSA) is 151 Å². The highest BCUT2D eigenvalue weighted by Crippen LogP contribution is 2.38. The summed E-state index contributed by atoms with van der Waals surface area (Å²) in [6, 6.07) is 3.05. The number of aromatic nitrogens is 2. The molecule has 2 amide bonds. The van der Waals surface area contributed by atoms with Crippen LogP contribution < -0.4 is 30.6 Å². The minimum absolute atomic E-state index is 0.107. The largest absolute Gasteiger partial charge is 0.493 e. The molecule has 0 radical (unpaired) electrons. The molecule has 11 heteroatoms. The van der Waals surface area contributed by atoms with Crippen molar-refractivity contribution in [3.05, 3.63) is 23.4 Å². The van der Waals surface area contributed by atoms with E-state index in [1.165, 1.54) is 33.5 Å². The van der Waals surface area contributed by atoms with Gasteiger partial charge in [0, 0.05) is 18.7 Å². The van der Waals surface area contributed by atoms with Gasteiger partial charge in [-0.3, -0.25) is 9.59 Å². The van der Waals surface area contributed by atoms with Gasteiger partial charge >= 0.3 is 0 Å². The van der Waals surface area contributed by atoms with E-state index in [1.54, 1.807) is 0 Å². The van der Waals surface area contributed by atoms with Crippen LogP contribution in [0.1, 0.15) is 20.8 Å². The second-order valence-electron chi connectivity index (χ2n) is 4.92.